The van der Waals surface area contributed by atoms with Crippen LogP contribution in [0.1, 0.15) is 42.3 Å². The molecule has 0 bridgehead atoms. The topological polar surface area (TPSA) is 80.0 Å². The van der Waals surface area contributed by atoms with Gasteiger partial charge in [-0.15, -0.1) is 10.2 Å². The summed E-state index contributed by atoms with van der Waals surface area (Å²) in [5.74, 6) is 0.994. The monoisotopic (exact) mass is 362 g/mol. The van der Waals surface area contributed by atoms with Crippen LogP contribution < -0.4 is 10.6 Å². The molecule has 2 N–H and O–H groups in total. The number of hydrogen-bond acceptors (Lipinski definition) is 4. The second kappa shape index (κ2) is 7.61. The van der Waals surface area contributed by atoms with Crippen molar-refractivity contribution in [1.29, 1.82) is 0 Å². The fourth-order valence-electron chi connectivity index (χ4n) is 3.51. The average molecular weight is 362 g/mol. The molecule has 0 unspecified atom stereocenters. The van der Waals surface area contributed by atoms with Crippen molar-refractivity contribution in [3.05, 3.63) is 65.5 Å². The summed E-state index contributed by atoms with van der Waals surface area (Å²) in [6.07, 6.45) is 4.30. The van der Waals surface area contributed by atoms with E-state index in [2.05, 4.69) is 39.0 Å². The van der Waals surface area contributed by atoms with E-state index in [0.717, 1.165) is 36.9 Å². The summed E-state index contributed by atoms with van der Waals surface area (Å²) >= 11 is 0. The molecule has 6 nitrogen and oxygen atoms in total. The van der Waals surface area contributed by atoms with Gasteiger partial charge in [0.2, 0.25) is 11.8 Å². The van der Waals surface area contributed by atoms with Gasteiger partial charge >= 0.3 is 6.03 Å². The number of amides is 2. The number of nitrogens with zero attached hydrogens (tertiary/aromatic N) is 2. The number of fused-ring (bicyclic) bond motifs is 1. The van der Waals surface area contributed by atoms with Gasteiger partial charge in [-0.05, 0) is 54.7 Å². The van der Waals surface area contributed by atoms with Gasteiger partial charge < -0.3 is 15.1 Å². The van der Waals surface area contributed by atoms with Gasteiger partial charge in [0.05, 0.1) is 6.04 Å². The summed E-state index contributed by atoms with van der Waals surface area (Å²) in [4.78, 5) is 12.5. The highest BCUT2D eigenvalue weighted by molar-refractivity contribution is 5.89. The minimum absolute atomic E-state index is 0.0457. The molecule has 0 radical (unpaired) electrons. The van der Waals surface area contributed by atoms with E-state index in [4.69, 9.17) is 4.42 Å². The highest BCUT2D eigenvalue weighted by Gasteiger charge is 2.20. The van der Waals surface area contributed by atoms with Crippen molar-refractivity contribution in [2.45, 2.75) is 38.6 Å². The molecule has 0 spiro atoms. The van der Waals surface area contributed by atoms with Crippen LogP contribution in [0.2, 0.25) is 0 Å². The van der Waals surface area contributed by atoms with Gasteiger partial charge in [-0.3, -0.25) is 0 Å². The molecular formula is C21H22N4O2. The Hall–Kier alpha value is -3.15. The van der Waals surface area contributed by atoms with E-state index in [0.29, 0.717) is 11.8 Å². The first kappa shape index (κ1) is 17.3. The quantitative estimate of drug-likeness (QED) is 0.666. The van der Waals surface area contributed by atoms with E-state index in [1.165, 1.54) is 11.1 Å². The first-order chi connectivity index (χ1) is 13.2. The van der Waals surface area contributed by atoms with Crippen LogP contribution in [0.4, 0.5) is 10.5 Å². The van der Waals surface area contributed by atoms with Crippen molar-refractivity contribution < 1.29 is 9.21 Å². The zero-order chi connectivity index (χ0) is 18.6. The van der Waals surface area contributed by atoms with E-state index < -0.39 is 0 Å². The van der Waals surface area contributed by atoms with Crippen LogP contribution in [0.25, 0.3) is 11.5 Å². The van der Waals surface area contributed by atoms with Crippen LogP contribution in [-0.4, -0.2) is 16.2 Å². The SMILES string of the molecule is Cc1nnc(-c2ccc(NC(=O)N[C@H]3CCCCc4ccccc43)cc2)o1. The van der Waals surface area contributed by atoms with Crippen molar-refractivity contribution in [2.24, 2.45) is 0 Å². The zero-order valence-corrected chi connectivity index (χ0v) is 15.2. The average Bonchev–Trinajstić information content (AvgIpc) is 3.01. The smallest absolute Gasteiger partial charge is 0.319 e. The van der Waals surface area contributed by atoms with Gasteiger partial charge in [0, 0.05) is 18.2 Å². The van der Waals surface area contributed by atoms with E-state index in [1.54, 1.807) is 6.92 Å². The van der Waals surface area contributed by atoms with Crippen molar-refractivity contribution in [3.63, 3.8) is 0 Å². The first-order valence-corrected chi connectivity index (χ1v) is 9.25. The number of nitrogens with one attached hydrogen (secondary N) is 2. The molecule has 4 rings (SSSR count). The lowest BCUT2D eigenvalue weighted by atomic mass is 9.99. The number of urea groups is 1. The molecule has 1 atom stereocenters. The Bertz CT molecular complexity index is 933. The highest BCUT2D eigenvalue weighted by Crippen LogP contribution is 2.28. The predicted octanol–water partition coefficient (Wildman–Crippen LogP) is 4.63. The van der Waals surface area contributed by atoms with Crippen LogP contribution in [0, 0.1) is 6.92 Å². The third kappa shape index (κ3) is 4.00. The van der Waals surface area contributed by atoms with Gasteiger partial charge in [-0.2, -0.15) is 0 Å². The number of carbonyl (C=O) groups is 1. The largest absolute Gasteiger partial charge is 0.421 e. The van der Waals surface area contributed by atoms with Crippen LogP contribution in [0.3, 0.4) is 0 Å². The normalized spacial score (nSPS) is 16.3. The number of aryl methyl sites for hydroxylation is 2. The molecule has 1 aromatic heterocycles. The lowest BCUT2D eigenvalue weighted by Gasteiger charge is -2.19. The Morgan fingerprint density at radius 2 is 1.89 bits per heavy atom. The summed E-state index contributed by atoms with van der Waals surface area (Å²) in [5.41, 5.74) is 4.10. The first-order valence-electron chi connectivity index (χ1n) is 9.25. The maximum Gasteiger partial charge on any atom is 0.319 e. The molecule has 1 heterocycles. The molecule has 1 aliphatic rings. The summed E-state index contributed by atoms with van der Waals surface area (Å²) in [5, 5.41) is 13.9. The summed E-state index contributed by atoms with van der Waals surface area (Å²) in [6.45, 7) is 1.75. The Labute approximate surface area is 158 Å². The number of aromatic nitrogens is 2. The third-order valence-electron chi connectivity index (χ3n) is 4.84. The Balaban J connectivity index is 1.42. The van der Waals surface area contributed by atoms with Crippen molar-refractivity contribution in [1.82, 2.24) is 15.5 Å². The minimum atomic E-state index is -0.196. The van der Waals surface area contributed by atoms with Gasteiger partial charge in [0.25, 0.3) is 0 Å². The molecule has 2 aromatic carbocycles. The number of anilines is 1. The molecule has 0 saturated carbocycles. The fraction of sp³-hybridized carbons (Fsp3) is 0.286. The second-order valence-electron chi connectivity index (χ2n) is 6.80. The Morgan fingerprint density at radius 3 is 2.67 bits per heavy atom. The fourth-order valence-corrected chi connectivity index (χ4v) is 3.51. The van der Waals surface area contributed by atoms with E-state index >= 15 is 0 Å². The Morgan fingerprint density at radius 1 is 1.07 bits per heavy atom. The predicted molar refractivity (Wildman–Crippen MR) is 103 cm³/mol. The molecule has 0 aliphatic heterocycles. The minimum Gasteiger partial charge on any atom is -0.421 e. The summed E-state index contributed by atoms with van der Waals surface area (Å²) in [6, 6.07) is 15.6. The maximum absolute atomic E-state index is 12.5. The Kier molecular flexibility index (Phi) is 4.87. The number of rotatable bonds is 3. The van der Waals surface area contributed by atoms with Crippen molar-refractivity contribution in [2.75, 3.05) is 5.32 Å². The van der Waals surface area contributed by atoms with Crippen LogP contribution in [-0.2, 0) is 6.42 Å². The van der Waals surface area contributed by atoms with Gasteiger partial charge in [-0.1, -0.05) is 30.7 Å². The molecular weight excluding hydrogens is 340 g/mol. The van der Waals surface area contributed by atoms with Crippen molar-refractivity contribution >= 4 is 11.7 Å². The molecule has 2 amide bonds. The number of carbonyl (C=O) groups excluding carboxylic acids is 1. The van der Waals surface area contributed by atoms with E-state index in [1.807, 2.05) is 30.3 Å². The molecule has 3 aromatic rings. The second-order valence-corrected chi connectivity index (χ2v) is 6.80. The van der Waals surface area contributed by atoms with E-state index in [-0.39, 0.29) is 12.1 Å². The lowest BCUT2D eigenvalue weighted by molar-refractivity contribution is 0.248. The lowest BCUT2D eigenvalue weighted by Crippen LogP contribution is -2.32. The molecule has 0 saturated heterocycles. The number of hydrogen-bond donors (Lipinski definition) is 2. The maximum atomic E-state index is 12.5. The van der Waals surface area contributed by atoms with Crippen LogP contribution in [0.15, 0.2) is 52.9 Å². The molecule has 27 heavy (non-hydrogen) atoms. The van der Waals surface area contributed by atoms with Crippen LogP contribution in [0.5, 0.6) is 0 Å². The molecule has 0 fully saturated rings. The van der Waals surface area contributed by atoms with E-state index in [9.17, 15) is 4.79 Å². The van der Waals surface area contributed by atoms with Crippen LogP contribution >= 0.6 is 0 Å². The molecule has 1 aliphatic carbocycles. The summed E-state index contributed by atoms with van der Waals surface area (Å²) in [7, 11) is 0. The standard InChI is InChI=1S/C21H22N4O2/c1-14-24-25-20(27-14)16-10-12-17(13-11-16)22-21(26)23-19-9-5-3-7-15-6-2-4-8-18(15)19/h2,4,6,8,10-13,19H,3,5,7,9H2,1H3,(H2,22,23,26)/t19-/m0/s1. The molecule has 6 heteroatoms. The third-order valence-corrected chi connectivity index (χ3v) is 4.84. The van der Waals surface area contributed by atoms with Gasteiger partial charge in [0.15, 0.2) is 0 Å². The van der Waals surface area contributed by atoms with Gasteiger partial charge in [-0.25, -0.2) is 4.79 Å². The summed E-state index contributed by atoms with van der Waals surface area (Å²) < 4.78 is 5.41. The molecule has 138 valence electrons. The van der Waals surface area contributed by atoms with Gasteiger partial charge in [0.1, 0.15) is 0 Å². The highest BCUT2D eigenvalue weighted by atomic mass is 16.4. The van der Waals surface area contributed by atoms with Crippen molar-refractivity contribution in [3.8, 4) is 11.5 Å². The number of benzene rings is 2. The zero-order valence-electron chi connectivity index (χ0n) is 15.2.